The summed E-state index contributed by atoms with van der Waals surface area (Å²) in [5, 5.41) is 5.04. The number of halogens is 1. The van der Waals surface area contributed by atoms with E-state index in [0.29, 0.717) is 11.6 Å². The Kier molecular flexibility index (Phi) is 5.26. The molecule has 0 spiro atoms. The van der Waals surface area contributed by atoms with E-state index in [1.807, 2.05) is 36.9 Å². The summed E-state index contributed by atoms with van der Waals surface area (Å²) in [7, 11) is 1.92. The van der Waals surface area contributed by atoms with Crippen molar-refractivity contribution < 1.29 is 4.74 Å². The summed E-state index contributed by atoms with van der Waals surface area (Å²) >= 11 is 6.26. The monoisotopic (exact) mass is 307 g/mol. The molecule has 5 heteroatoms. The van der Waals surface area contributed by atoms with E-state index in [1.165, 1.54) is 0 Å². The van der Waals surface area contributed by atoms with Crippen molar-refractivity contribution in [3.8, 4) is 5.75 Å². The van der Waals surface area contributed by atoms with Crippen LogP contribution in [0.1, 0.15) is 30.8 Å². The largest absolute Gasteiger partial charge is 0.485 e. The summed E-state index contributed by atoms with van der Waals surface area (Å²) in [6.45, 7) is 4.50. The van der Waals surface area contributed by atoms with Gasteiger partial charge in [-0.05, 0) is 37.5 Å². The number of para-hydroxylation sites is 1. The maximum Gasteiger partial charge on any atom is 0.141 e. The molecule has 0 saturated carbocycles. The average Bonchev–Trinajstić information content (AvgIpc) is 2.78. The number of nitrogens with two attached hydrogens (primary N) is 1. The normalized spacial score (nSPS) is 12.4. The summed E-state index contributed by atoms with van der Waals surface area (Å²) in [6, 6.07) is 7.89. The number of hydrogen-bond donors (Lipinski definition) is 1. The predicted molar refractivity (Wildman–Crippen MR) is 85.7 cm³/mol. The molecule has 0 aliphatic carbocycles. The zero-order valence-corrected chi connectivity index (χ0v) is 13.5. The molecule has 1 aromatic heterocycles. The van der Waals surface area contributed by atoms with E-state index in [0.717, 1.165) is 35.5 Å². The minimum Gasteiger partial charge on any atom is -0.485 e. The first-order valence-corrected chi connectivity index (χ1v) is 7.56. The Morgan fingerprint density at radius 2 is 2.19 bits per heavy atom. The molecule has 0 aliphatic rings. The molecule has 1 atom stereocenters. The minimum atomic E-state index is 0.0641. The highest BCUT2D eigenvalue weighted by atomic mass is 35.5. The van der Waals surface area contributed by atoms with Crippen LogP contribution < -0.4 is 10.5 Å². The Morgan fingerprint density at radius 1 is 1.43 bits per heavy atom. The van der Waals surface area contributed by atoms with E-state index in [2.05, 4.69) is 18.1 Å². The zero-order valence-electron chi connectivity index (χ0n) is 12.8. The first-order chi connectivity index (χ1) is 10.0. The highest BCUT2D eigenvalue weighted by Gasteiger charge is 2.12. The standard InChI is InChI=1S/C16H22ClN3O/c1-4-13-9-14(20(3)19-13)10-21-16-12(8-11(2)18)6-5-7-15(16)17/h5-7,9,11H,4,8,10,18H2,1-3H3. The van der Waals surface area contributed by atoms with Crippen molar-refractivity contribution >= 4 is 11.6 Å². The molecule has 0 amide bonds. The number of aromatic nitrogens is 2. The van der Waals surface area contributed by atoms with Crippen LogP contribution in [0.4, 0.5) is 0 Å². The Balaban J connectivity index is 2.17. The van der Waals surface area contributed by atoms with Gasteiger partial charge in [0.15, 0.2) is 0 Å². The lowest BCUT2D eigenvalue weighted by Crippen LogP contribution is -2.18. The lowest BCUT2D eigenvalue weighted by molar-refractivity contribution is 0.291. The number of hydrogen-bond acceptors (Lipinski definition) is 3. The number of nitrogens with zero attached hydrogens (tertiary/aromatic N) is 2. The van der Waals surface area contributed by atoms with Crippen molar-refractivity contribution in [3.05, 3.63) is 46.2 Å². The van der Waals surface area contributed by atoms with Crippen LogP contribution in [0.3, 0.4) is 0 Å². The quantitative estimate of drug-likeness (QED) is 0.892. The number of aryl methyl sites for hydroxylation is 2. The van der Waals surface area contributed by atoms with Crippen LogP contribution in [0, 0.1) is 0 Å². The number of ether oxygens (including phenoxy) is 1. The highest BCUT2D eigenvalue weighted by molar-refractivity contribution is 6.32. The molecular formula is C16H22ClN3O. The molecule has 1 heterocycles. The third kappa shape index (κ3) is 3.99. The summed E-state index contributed by atoms with van der Waals surface area (Å²) < 4.78 is 7.79. The Labute approximate surface area is 130 Å². The first kappa shape index (κ1) is 15.9. The summed E-state index contributed by atoms with van der Waals surface area (Å²) in [5.74, 6) is 0.718. The average molecular weight is 308 g/mol. The topological polar surface area (TPSA) is 53.1 Å². The molecule has 0 aliphatic heterocycles. The summed E-state index contributed by atoms with van der Waals surface area (Å²) in [6.07, 6.45) is 1.65. The third-order valence-electron chi connectivity index (χ3n) is 3.34. The molecule has 4 nitrogen and oxygen atoms in total. The fourth-order valence-electron chi connectivity index (χ4n) is 2.25. The van der Waals surface area contributed by atoms with Gasteiger partial charge in [-0.2, -0.15) is 5.10 Å². The molecule has 2 aromatic rings. The maximum absolute atomic E-state index is 6.26. The molecule has 114 valence electrons. The Morgan fingerprint density at radius 3 is 2.81 bits per heavy atom. The molecular weight excluding hydrogens is 286 g/mol. The second kappa shape index (κ2) is 6.96. The fraction of sp³-hybridized carbons (Fsp3) is 0.438. The van der Waals surface area contributed by atoms with Crippen LogP contribution in [0.2, 0.25) is 5.02 Å². The van der Waals surface area contributed by atoms with Crippen LogP contribution in [0.25, 0.3) is 0 Å². The van der Waals surface area contributed by atoms with Gasteiger partial charge in [0.1, 0.15) is 12.4 Å². The van der Waals surface area contributed by atoms with E-state index in [4.69, 9.17) is 22.1 Å². The molecule has 0 fully saturated rings. The van der Waals surface area contributed by atoms with Gasteiger partial charge >= 0.3 is 0 Å². The lowest BCUT2D eigenvalue weighted by atomic mass is 10.1. The van der Waals surface area contributed by atoms with Crippen LogP contribution in [-0.4, -0.2) is 15.8 Å². The summed E-state index contributed by atoms with van der Waals surface area (Å²) in [5.41, 5.74) is 9.01. The number of benzene rings is 1. The Hall–Kier alpha value is -1.52. The van der Waals surface area contributed by atoms with Crippen molar-refractivity contribution in [1.82, 2.24) is 9.78 Å². The van der Waals surface area contributed by atoms with Gasteiger partial charge in [-0.15, -0.1) is 0 Å². The van der Waals surface area contributed by atoms with Crippen molar-refractivity contribution in [2.75, 3.05) is 0 Å². The summed E-state index contributed by atoms with van der Waals surface area (Å²) in [4.78, 5) is 0. The molecule has 0 saturated heterocycles. The van der Waals surface area contributed by atoms with Gasteiger partial charge < -0.3 is 10.5 Å². The molecule has 0 radical (unpaired) electrons. The van der Waals surface area contributed by atoms with Crippen LogP contribution in [-0.2, 0) is 26.5 Å². The van der Waals surface area contributed by atoms with Gasteiger partial charge in [-0.1, -0.05) is 30.7 Å². The fourth-order valence-corrected chi connectivity index (χ4v) is 2.50. The highest BCUT2D eigenvalue weighted by Crippen LogP contribution is 2.30. The van der Waals surface area contributed by atoms with Crippen molar-refractivity contribution in [1.29, 1.82) is 0 Å². The molecule has 2 rings (SSSR count). The van der Waals surface area contributed by atoms with Gasteiger partial charge in [0.25, 0.3) is 0 Å². The van der Waals surface area contributed by atoms with E-state index < -0.39 is 0 Å². The molecule has 21 heavy (non-hydrogen) atoms. The van der Waals surface area contributed by atoms with E-state index in [-0.39, 0.29) is 6.04 Å². The van der Waals surface area contributed by atoms with Crippen molar-refractivity contribution in [2.45, 2.75) is 39.3 Å². The third-order valence-corrected chi connectivity index (χ3v) is 3.64. The predicted octanol–water partition coefficient (Wildman–Crippen LogP) is 3.10. The molecule has 0 bridgehead atoms. The SMILES string of the molecule is CCc1cc(COc2c(Cl)cccc2CC(C)N)n(C)n1. The van der Waals surface area contributed by atoms with Crippen molar-refractivity contribution in [3.63, 3.8) is 0 Å². The van der Waals surface area contributed by atoms with Crippen molar-refractivity contribution in [2.24, 2.45) is 12.8 Å². The smallest absolute Gasteiger partial charge is 0.141 e. The van der Waals surface area contributed by atoms with Crippen LogP contribution in [0.15, 0.2) is 24.3 Å². The lowest BCUT2D eigenvalue weighted by Gasteiger charge is -2.14. The van der Waals surface area contributed by atoms with Crippen LogP contribution in [0.5, 0.6) is 5.75 Å². The molecule has 2 N–H and O–H groups in total. The van der Waals surface area contributed by atoms with Gasteiger partial charge in [-0.25, -0.2) is 0 Å². The van der Waals surface area contributed by atoms with Gasteiger partial charge in [0, 0.05) is 13.1 Å². The molecule has 1 unspecified atom stereocenters. The number of rotatable bonds is 6. The van der Waals surface area contributed by atoms with Gasteiger partial charge in [0.2, 0.25) is 0 Å². The second-order valence-corrected chi connectivity index (χ2v) is 5.71. The van der Waals surface area contributed by atoms with E-state index in [1.54, 1.807) is 0 Å². The van der Waals surface area contributed by atoms with Gasteiger partial charge in [-0.3, -0.25) is 4.68 Å². The second-order valence-electron chi connectivity index (χ2n) is 5.30. The minimum absolute atomic E-state index is 0.0641. The Bertz CT molecular complexity index is 608. The zero-order chi connectivity index (χ0) is 15.4. The maximum atomic E-state index is 6.26. The van der Waals surface area contributed by atoms with Crippen LogP contribution >= 0.6 is 11.6 Å². The first-order valence-electron chi connectivity index (χ1n) is 7.18. The molecule has 1 aromatic carbocycles. The van der Waals surface area contributed by atoms with E-state index >= 15 is 0 Å². The van der Waals surface area contributed by atoms with Gasteiger partial charge in [0.05, 0.1) is 16.4 Å². The van der Waals surface area contributed by atoms with E-state index in [9.17, 15) is 0 Å².